The molecule has 2 aromatic carbocycles. The summed E-state index contributed by atoms with van der Waals surface area (Å²) in [5, 5.41) is 3.30. The summed E-state index contributed by atoms with van der Waals surface area (Å²) in [5.41, 5.74) is 0.733. The second-order valence-corrected chi connectivity index (χ2v) is 8.79. The largest absolute Gasteiger partial charge is 0.494 e. The molecule has 0 heterocycles. The van der Waals surface area contributed by atoms with E-state index in [-0.39, 0.29) is 22.2 Å². The first-order valence-corrected chi connectivity index (χ1v) is 11.2. The molecule has 0 aliphatic heterocycles. The van der Waals surface area contributed by atoms with Crippen LogP contribution in [0.15, 0.2) is 42.5 Å². The Balaban J connectivity index is 2.38. The minimum Gasteiger partial charge on any atom is -0.494 e. The third-order valence-corrected chi connectivity index (χ3v) is 5.46. The van der Waals surface area contributed by atoms with Gasteiger partial charge in [-0.15, -0.1) is 0 Å². The molecule has 0 saturated heterocycles. The van der Waals surface area contributed by atoms with Crippen molar-refractivity contribution in [1.29, 1.82) is 0 Å². The van der Waals surface area contributed by atoms with Gasteiger partial charge in [0.15, 0.2) is 0 Å². The fraction of sp³-hybridized carbons (Fsp3) is 0.316. The minimum absolute atomic E-state index is 0.227. The van der Waals surface area contributed by atoms with Crippen molar-refractivity contribution in [3.8, 4) is 5.75 Å². The van der Waals surface area contributed by atoms with E-state index in [1.165, 1.54) is 18.2 Å². The second kappa shape index (κ2) is 9.49. The predicted octanol–water partition coefficient (Wildman–Crippen LogP) is 4.58. The van der Waals surface area contributed by atoms with Crippen molar-refractivity contribution in [3.63, 3.8) is 0 Å². The number of carbonyl (C=O) groups is 1. The van der Waals surface area contributed by atoms with Crippen LogP contribution in [0.5, 0.6) is 5.75 Å². The van der Waals surface area contributed by atoms with E-state index in [0.717, 1.165) is 10.6 Å². The minimum atomic E-state index is -3.79. The highest BCUT2D eigenvalue weighted by atomic mass is 35.5. The van der Waals surface area contributed by atoms with Crippen molar-refractivity contribution in [2.24, 2.45) is 0 Å². The van der Waals surface area contributed by atoms with Crippen LogP contribution in [0.25, 0.3) is 0 Å². The first kappa shape index (κ1) is 22.3. The molecule has 1 N–H and O–H groups in total. The molecular weight excluding hydrogens is 423 g/mol. The third-order valence-electron chi connectivity index (χ3n) is 3.84. The van der Waals surface area contributed by atoms with E-state index in [4.69, 9.17) is 27.9 Å². The maximum Gasteiger partial charge on any atom is 0.248 e. The Labute approximate surface area is 175 Å². The molecule has 0 aliphatic rings. The van der Waals surface area contributed by atoms with Crippen LogP contribution >= 0.6 is 23.2 Å². The molecule has 0 radical (unpaired) electrons. The average molecular weight is 445 g/mol. The molecule has 2 aromatic rings. The van der Waals surface area contributed by atoms with Crippen molar-refractivity contribution < 1.29 is 17.9 Å². The Hall–Kier alpha value is -1.96. The molecule has 2 rings (SSSR count). The number of nitrogens with zero attached hydrogens (tertiary/aromatic N) is 1. The smallest absolute Gasteiger partial charge is 0.248 e. The zero-order valence-corrected chi connectivity index (χ0v) is 18.1. The van der Waals surface area contributed by atoms with Crippen molar-refractivity contribution in [3.05, 3.63) is 52.5 Å². The topological polar surface area (TPSA) is 75.7 Å². The van der Waals surface area contributed by atoms with Gasteiger partial charge in [-0.05, 0) is 43.7 Å². The number of rotatable bonds is 8. The predicted molar refractivity (Wildman–Crippen MR) is 114 cm³/mol. The summed E-state index contributed by atoms with van der Waals surface area (Å²) in [5.74, 6) is 0.132. The molecule has 28 heavy (non-hydrogen) atoms. The van der Waals surface area contributed by atoms with Gasteiger partial charge >= 0.3 is 0 Å². The van der Waals surface area contributed by atoms with Crippen LogP contribution in [-0.4, -0.2) is 33.2 Å². The number of amides is 1. The summed E-state index contributed by atoms with van der Waals surface area (Å²) in [6.07, 6.45) is 1.28. The lowest BCUT2D eigenvalue weighted by Gasteiger charge is -2.30. The Kier molecular flexibility index (Phi) is 7.57. The van der Waals surface area contributed by atoms with E-state index in [2.05, 4.69) is 5.32 Å². The number of benzene rings is 2. The van der Waals surface area contributed by atoms with E-state index >= 15 is 0 Å². The van der Waals surface area contributed by atoms with E-state index in [1.807, 2.05) is 6.92 Å². The molecule has 0 bridgehead atoms. The van der Waals surface area contributed by atoms with Gasteiger partial charge in [0.05, 0.1) is 18.6 Å². The first-order valence-electron chi connectivity index (χ1n) is 8.65. The van der Waals surface area contributed by atoms with E-state index in [0.29, 0.717) is 18.0 Å². The zero-order chi connectivity index (χ0) is 20.9. The number of carbonyl (C=O) groups excluding carboxylic acids is 1. The van der Waals surface area contributed by atoms with Crippen molar-refractivity contribution in [2.45, 2.75) is 26.3 Å². The van der Waals surface area contributed by atoms with Gasteiger partial charge in [0, 0.05) is 21.8 Å². The highest BCUT2D eigenvalue weighted by Crippen LogP contribution is 2.30. The number of halogens is 2. The van der Waals surface area contributed by atoms with Gasteiger partial charge in [-0.1, -0.05) is 36.2 Å². The van der Waals surface area contributed by atoms with Gasteiger partial charge in [-0.3, -0.25) is 9.10 Å². The Morgan fingerprint density at radius 1 is 1.14 bits per heavy atom. The van der Waals surface area contributed by atoms with Gasteiger partial charge in [0.2, 0.25) is 15.9 Å². The van der Waals surface area contributed by atoms with Gasteiger partial charge < -0.3 is 10.1 Å². The summed E-state index contributed by atoms with van der Waals surface area (Å²) < 4.78 is 31.4. The number of anilines is 2. The highest BCUT2D eigenvalue weighted by molar-refractivity contribution is 7.92. The van der Waals surface area contributed by atoms with Crippen LogP contribution < -0.4 is 14.4 Å². The van der Waals surface area contributed by atoms with Crippen molar-refractivity contribution >= 4 is 50.5 Å². The average Bonchev–Trinajstić information content (AvgIpc) is 2.58. The van der Waals surface area contributed by atoms with E-state index in [9.17, 15) is 13.2 Å². The molecule has 0 saturated carbocycles. The van der Waals surface area contributed by atoms with Crippen LogP contribution in [0.3, 0.4) is 0 Å². The van der Waals surface area contributed by atoms with Gasteiger partial charge in [0.1, 0.15) is 11.8 Å². The standard InChI is InChI=1S/C19H22Cl2N2O4S/c1-4-18(19(24)22-15-7-6-8-17(12-15)27-5-2)23(28(3,25)26)16-10-13(20)9-14(21)11-16/h6-12,18H,4-5H2,1-3H3,(H,22,24). The van der Waals surface area contributed by atoms with Crippen LogP contribution in [0, 0.1) is 0 Å². The Morgan fingerprint density at radius 2 is 1.79 bits per heavy atom. The van der Waals surface area contributed by atoms with Gasteiger partial charge in [-0.25, -0.2) is 8.42 Å². The summed E-state index contributed by atoms with van der Waals surface area (Å²) in [4.78, 5) is 12.9. The molecule has 1 amide bonds. The third kappa shape index (κ3) is 5.77. The molecule has 0 fully saturated rings. The lowest BCUT2D eigenvalue weighted by molar-refractivity contribution is -0.117. The quantitative estimate of drug-likeness (QED) is 0.646. The molecule has 0 aromatic heterocycles. The molecule has 9 heteroatoms. The number of ether oxygens (including phenoxy) is 1. The molecule has 0 spiro atoms. The fourth-order valence-electron chi connectivity index (χ4n) is 2.78. The Morgan fingerprint density at radius 3 is 2.32 bits per heavy atom. The maximum absolute atomic E-state index is 12.9. The van der Waals surface area contributed by atoms with Crippen LogP contribution in [-0.2, 0) is 14.8 Å². The number of nitrogens with one attached hydrogen (secondary N) is 1. The monoisotopic (exact) mass is 444 g/mol. The normalized spacial score (nSPS) is 12.3. The first-order chi connectivity index (χ1) is 13.2. The summed E-state index contributed by atoms with van der Waals surface area (Å²) in [6, 6.07) is 10.3. The zero-order valence-electron chi connectivity index (χ0n) is 15.8. The Bertz CT molecular complexity index is 930. The lowest BCUT2D eigenvalue weighted by atomic mass is 10.1. The number of hydrogen-bond acceptors (Lipinski definition) is 4. The number of sulfonamides is 1. The van der Waals surface area contributed by atoms with Gasteiger partial charge in [0.25, 0.3) is 0 Å². The summed E-state index contributed by atoms with van der Waals surface area (Å²) >= 11 is 12.1. The lowest BCUT2D eigenvalue weighted by Crippen LogP contribution is -2.47. The van der Waals surface area contributed by atoms with Crippen molar-refractivity contribution in [1.82, 2.24) is 0 Å². The molecule has 6 nitrogen and oxygen atoms in total. The molecule has 152 valence electrons. The van der Waals surface area contributed by atoms with Gasteiger partial charge in [-0.2, -0.15) is 0 Å². The van der Waals surface area contributed by atoms with Crippen LogP contribution in [0.1, 0.15) is 20.3 Å². The van der Waals surface area contributed by atoms with E-state index < -0.39 is 22.0 Å². The maximum atomic E-state index is 12.9. The molecule has 0 aliphatic carbocycles. The highest BCUT2D eigenvalue weighted by Gasteiger charge is 2.32. The SMILES string of the molecule is CCOc1cccc(NC(=O)C(CC)N(c2cc(Cl)cc(Cl)c2)S(C)(=O)=O)c1. The molecule has 1 unspecified atom stereocenters. The van der Waals surface area contributed by atoms with Crippen molar-refractivity contribution in [2.75, 3.05) is 22.5 Å². The molecular formula is C19H22Cl2N2O4S. The second-order valence-electron chi connectivity index (χ2n) is 6.06. The van der Waals surface area contributed by atoms with Crippen LogP contribution in [0.4, 0.5) is 11.4 Å². The molecule has 1 atom stereocenters. The van der Waals surface area contributed by atoms with Crippen LogP contribution in [0.2, 0.25) is 10.0 Å². The number of hydrogen-bond donors (Lipinski definition) is 1. The summed E-state index contributed by atoms with van der Waals surface area (Å²) in [7, 11) is -3.79. The van der Waals surface area contributed by atoms with E-state index in [1.54, 1.807) is 31.2 Å². The fourth-order valence-corrected chi connectivity index (χ4v) is 4.49. The summed E-state index contributed by atoms with van der Waals surface area (Å²) in [6.45, 7) is 4.08.